The summed E-state index contributed by atoms with van der Waals surface area (Å²) < 4.78 is 32.8. The van der Waals surface area contributed by atoms with Gasteiger partial charge in [-0.05, 0) is 50.5 Å². The van der Waals surface area contributed by atoms with Crippen molar-refractivity contribution in [3.63, 3.8) is 0 Å². The number of ketones is 1. The Morgan fingerprint density at radius 2 is 1.76 bits per heavy atom. The molecule has 1 unspecified atom stereocenters. The predicted molar refractivity (Wildman–Crippen MR) is 123 cm³/mol. The first kappa shape index (κ1) is 25.1. The molecule has 34 heavy (non-hydrogen) atoms. The molecule has 1 fully saturated rings. The molecule has 0 bridgehead atoms. The third-order valence-corrected chi connectivity index (χ3v) is 7.45. The Morgan fingerprint density at radius 1 is 1.09 bits per heavy atom. The quantitative estimate of drug-likeness (QED) is 0.321. The largest absolute Gasteiger partial charge is 0.454 e. The Morgan fingerprint density at radius 3 is 2.38 bits per heavy atom. The molecule has 1 atom stereocenters. The van der Waals surface area contributed by atoms with Gasteiger partial charge in [0.1, 0.15) is 12.6 Å². The number of hydrogen-bond acceptors (Lipinski definition) is 7. The van der Waals surface area contributed by atoms with E-state index in [4.69, 9.17) is 10.00 Å². The summed E-state index contributed by atoms with van der Waals surface area (Å²) in [5.74, 6) is -1.60. The maximum atomic E-state index is 13.2. The summed E-state index contributed by atoms with van der Waals surface area (Å²) in [5, 5.41) is 9.06. The van der Waals surface area contributed by atoms with Crippen molar-refractivity contribution in [2.75, 3.05) is 24.6 Å². The van der Waals surface area contributed by atoms with E-state index in [0.717, 1.165) is 4.31 Å². The van der Waals surface area contributed by atoms with E-state index in [0.29, 0.717) is 24.1 Å². The average molecular weight is 484 g/mol. The fraction of sp³-hybridized carbons (Fsp3) is 0.333. The van der Waals surface area contributed by atoms with Crippen molar-refractivity contribution in [2.24, 2.45) is 0 Å². The van der Waals surface area contributed by atoms with Crippen molar-refractivity contribution < 1.29 is 27.5 Å². The number of amides is 1. The minimum absolute atomic E-state index is 0.0300. The number of esters is 1. The third kappa shape index (κ3) is 5.68. The summed E-state index contributed by atoms with van der Waals surface area (Å²) in [6.45, 7) is 0.680. The Balaban J connectivity index is 1.73. The van der Waals surface area contributed by atoms with Gasteiger partial charge in [0.05, 0.1) is 11.0 Å². The van der Waals surface area contributed by atoms with Crippen LogP contribution < -0.4 is 4.90 Å². The number of rotatable bonds is 8. The van der Waals surface area contributed by atoms with Gasteiger partial charge in [0.25, 0.3) is 5.91 Å². The first-order valence-electron chi connectivity index (χ1n) is 10.8. The van der Waals surface area contributed by atoms with E-state index >= 15 is 0 Å². The molecule has 2 aromatic carbocycles. The van der Waals surface area contributed by atoms with Gasteiger partial charge in [-0.15, -0.1) is 0 Å². The van der Waals surface area contributed by atoms with Crippen molar-refractivity contribution >= 4 is 33.4 Å². The summed E-state index contributed by atoms with van der Waals surface area (Å²) in [6.07, 6.45) is 1.48. The lowest BCUT2D eigenvalue weighted by atomic mass is 10.1. The first-order valence-corrected chi connectivity index (χ1v) is 12.2. The van der Waals surface area contributed by atoms with Crippen molar-refractivity contribution in [3.05, 3.63) is 60.2 Å². The lowest BCUT2D eigenvalue weighted by Gasteiger charge is -2.33. The number of sulfonamides is 1. The second-order valence-corrected chi connectivity index (χ2v) is 9.68. The molecule has 1 aliphatic heterocycles. The topological polar surface area (TPSA) is 125 Å². The van der Waals surface area contributed by atoms with E-state index in [1.807, 2.05) is 6.07 Å². The fourth-order valence-electron chi connectivity index (χ4n) is 3.73. The lowest BCUT2D eigenvalue weighted by Crippen LogP contribution is -2.49. The number of Topliss-reactive ketones (excluding diaryl/α,β-unsaturated/α-hetero) is 1. The molecule has 178 valence electrons. The first-order chi connectivity index (χ1) is 16.3. The normalized spacial score (nSPS) is 16.3. The van der Waals surface area contributed by atoms with E-state index < -0.39 is 34.5 Å². The molecule has 1 amide bonds. The molecule has 0 N–H and O–H groups in total. The predicted octanol–water partition coefficient (Wildman–Crippen LogP) is 2.53. The van der Waals surface area contributed by atoms with Gasteiger partial charge < -0.3 is 4.74 Å². The maximum Gasteiger partial charge on any atom is 0.324 e. The van der Waals surface area contributed by atoms with Gasteiger partial charge in [0.15, 0.2) is 12.4 Å². The number of carbonyl (C=O) groups is 3. The molecule has 1 saturated heterocycles. The molecule has 3 rings (SSSR count). The highest BCUT2D eigenvalue weighted by molar-refractivity contribution is 7.89. The molecular formula is C24H25N3O6S. The zero-order chi connectivity index (χ0) is 24.7. The molecule has 0 aromatic heterocycles. The van der Waals surface area contributed by atoms with Crippen LogP contribution >= 0.6 is 0 Å². The molecule has 10 heteroatoms. The van der Waals surface area contributed by atoms with Crippen LogP contribution in [0.2, 0.25) is 0 Å². The molecule has 0 saturated carbocycles. The van der Waals surface area contributed by atoms with E-state index in [-0.39, 0.29) is 30.2 Å². The SMILES string of the molecule is CC(=O)c1ccc(S(=O)(=O)N2CCCCC2C(=O)OCC(=O)N(CC#N)c2ccccc2)cc1. The smallest absolute Gasteiger partial charge is 0.324 e. The Hall–Kier alpha value is -3.55. The molecule has 1 heterocycles. The van der Waals surface area contributed by atoms with Crippen molar-refractivity contribution in [3.8, 4) is 6.07 Å². The standard InChI is InChI=1S/C24H25N3O6S/c1-18(28)19-10-12-21(13-11-19)34(31,32)27-15-6-5-9-22(27)24(30)33-17-23(29)26(16-14-25)20-7-3-2-4-8-20/h2-4,7-8,10-13,22H,5-6,9,15-17H2,1H3. The number of hydrogen-bond donors (Lipinski definition) is 0. The van der Waals surface area contributed by atoms with Crippen molar-refractivity contribution in [2.45, 2.75) is 37.1 Å². The van der Waals surface area contributed by atoms with Gasteiger partial charge >= 0.3 is 5.97 Å². The monoisotopic (exact) mass is 483 g/mol. The molecule has 0 spiro atoms. The van der Waals surface area contributed by atoms with Gasteiger partial charge in [-0.2, -0.15) is 9.57 Å². The minimum atomic E-state index is -4.02. The highest BCUT2D eigenvalue weighted by Crippen LogP contribution is 2.26. The molecule has 0 aliphatic carbocycles. The van der Waals surface area contributed by atoms with Crippen LogP contribution in [0.1, 0.15) is 36.5 Å². The van der Waals surface area contributed by atoms with Crippen LogP contribution in [0.5, 0.6) is 0 Å². The van der Waals surface area contributed by atoms with Crippen LogP contribution in [0, 0.1) is 11.3 Å². The summed E-state index contributed by atoms with van der Waals surface area (Å²) in [7, 11) is -4.02. The summed E-state index contributed by atoms with van der Waals surface area (Å²) in [5.41, 5.74) is 0.869. The number of nitriles is 1. The minimum Gasteiger partial charge on any atom is -0.454 e. The second-order valence-electron chi connectivity index (χ2n) is 7.79. The second kappa shape index (κ2) is 11.0. The molecule has 0 radical (unpaired) electrons. The van der Waals surface area contributed by atoms with Crippen LogP contribution in [0.25, 0.3) is 0 Å². The zero-order valence-electron chi connectivity index (χ0n) is 18.7. The number of benzene rings is 2. The van der Waals surface area contributed by atoms with E-state index in [1.165, 1.54) is 36.1 Å². The summed E-state index contributed by atoms with van der Waals surface area (Å²) >= 11 is 0. The van der Waals surface area contributed by atoms with Gasteiger partial charge in [0, 0.05) is 17.8 Å². The Kier molecular flexibility index (Phi) is 8.15. The molecule has 9 nitrogen and oxygen atoms in total. The zero-order valence-corrected chi connectivity index (χ0v) is 19.5. The van der Waals surface area contributed by atoms with Crippen LogP contribution in [0.3, 0.4) is 0 Å². The summed E-state index contributed by atoms with van der Waals surface area (Å²) in [4.78, 5) is 38.1. The fourth-order valence-corrected chi connectivity index (χ4v) is 5.38. The summed E-state index contributed by atoms with van der Waals surface area (Å²) in [6, 6.07) is 14.9. The van der Waals surface area contributed by atoms with E-state index in [9.17, 15) is 22.8 Å². The maximum absolute atomic E-state index is 13.2. The Bertz CT molecular complexity index is 1190. The number of piperidine rings is 1. The molecule has 2 aromatic rings. The average Bonchev–Trinajstić information content (AvgIpc) is 2.86. The van der Waals surface area contributed by atoms with Gasteiger partial charge in [-0.3, -0.25) is 19.3 Å². The lowest BCUT2D eigenvalue weighted by molar-refractivity contribution is -0.152. The van der Waals surface area contributed by atoms with Gasteiger partial charge in [0.2, 0.25) is 10.0 Å². The van der Waals surface area contributed by atoms with Crippen LogP contribution in [-0.2, 0) is 24.3 Å². The highest BCUT2D eigenvalue weighted by Gasteiger charge is 2.39. The number of anilines is 1. The van der Waals surface area contributed by atoms with Crippen LogP contribution in [-0.4, -0.2) is 56.1 Å². The van der Waals surface area contributed by atoms with Gasteiger partial charge in [-0.1, -0.05) is 30.3 Å². The van der Waals surface area contributed by atoms with E-state index in [2.05, 4.69) is 0 Å². The van der Waals surface area contributed by atoms with Crippen molar-refractivity contribution in [1.82, 2.24) is 4.31 Å². The highest BCUT2D eigenvalue weighted by atomic mass is 32.2. The van der Waals surface area contributed by atoms with Crippen LogP contribution in [0.15, 0.2) is 59.5 Å². The van der Waals surface area contributed by atoms with E-state index in [1.54, 1.807) is 30.3 Å². The van der Waals surface area contributed by atoms with Crippen LogP contribution in [0.4, 0.5) is 5.69 Å². The number of carbonyl (C=O) groups excluding carboxylic acids is 3. The third-order valence-electron chi connectivity index (χ3n) is 5.53. The van der Waals surface area contributed by atoms with Gasteiger partial charge in [-0.25, -0.2) is 8.42 Å². The number of ether oxygens (including phenoxy) is 1. The number of nitrogens with zero attached hydrogens (tertiary/aromatic N) is 3. The molecule has 1 aliphatic rings. The van der Waals surface area contributed by atoms with Crippen molar-refractivity contribution in [1.29, 1.82) is 5.26 Å². The number of para-hydroxylation sites is 1. The Labute approximate surface area is 198 Å². The molecular weight excluding hydrogens is 458 g/mol.